The molecule has 3 atom stereocenters. The van der Waals surface area contributed by atoms with Crippen LogP contribution in [0.1, 0.15) is 48.9 Å². The highest BCUT2D eigenvalue weighted by atomic mass is 16.5. The van der Waals surface area contributed by atoms with Crippen LogP contribution in [0.25, 0.3) is 0 Å². The average Bonchev–Trinajstić information content (AvgIpc) is 2.76. The molecule has 7 nitrogen and oxygen atoms in total. The lowest BCUT2D eigenvalue weighted by Crippen LogP contribution is -2.55. The number of methoxy groups -OCH3 is 1. The van der Waals surface area contributed by atoms with E-state index in [4.69, 9.17) is 4.74 Å². The second-order valence-corrected chi connectivity index (χ2v) is 7.96. The van der Waals surface area contributed by atoms with Gasteiger partial charge in [-0.2, -0.15) is 0 Å². The predicted octanol–water partition coefficient (Wildman–Crippen LogP) is 1.73. The predicted molar refractivity (Wildman–Crippen MR) is 109 cm³/mol. The number of nitrogens with one attached hydrogen (secondary N) is 2. The molecule has 29 heavy (non-hydrogen) atoms. The van der Waals surface area contributed by atoms with E-state index in [1.54, 1.807) is 17.0 Å². The molecule has 1 heterocycles. The van der Waals surface area contributed by atoms with Gasteiger partial charge in [-0.05, 0) is 37.8 Å². The normalized spacial score (nSPS) is 24.6. The molecule has 2 aliphatic rings. The molecule has 7 heteroatoms. The number of rotatable bonds is 6. The molecule has 1 aromatic rings. The van der Waals surface area contributed by atoms with Gasteiger partial charge in [0.1, 0.15) is 6.61 Å². The van der Waals surface area contributed by atoms with Crippen molar-refractivity contribution in [2.24, 2.45) is 5.92 Å². The van der Waals surface area contributed by atoms with E-state index in [9.17, 15) is 14.4 Å². The molecule has 3 rings (SSSR count). The summed E-state index contributed by atoms with van der Waals surface area (Å²) in [6.07, 6.45) is 5.36. The van der Waals surface area contributed by atoms with Crippen molar-refractivity contribution in [3.05, 3.63) is 35.9 Å². The van der Waals surface area contributed by atoms with Crippen LogP contribution in [0.5, 0.6) is 0 Å². The van der Waals surface area contributed by atoms with E-state index in [0.29, 0.717) is 18.7 Å². The van der Waals surface area contributed by atoms with Crippen molar-refractivity contribution >= 4 is 17.7 Å². The maximum absolute atomic E-state index is 12.9. The molecule has 0 aromatic heterocycles. The lowest BCUT2D eigenvalue weighted by molar-refractivity contribution is -0.139. The van der Waals surface area contributed by atoms with Crippen LogP contribution in [-0.2, 0) is 14.3 Å². The Morgan fingerprint density at radius 3 is 2.38 bits per heavy atom. The smallest absolute Gasteiger partial charge is 0.251 e. The van der Waals surface area contributed by atoms with Gasteiger partial charge in [0.2, 0.25) is 11.8 Å². The maximum Gasteiger partial charge on any atom is 0.251 e. The zero-order chi connectivity index (χ0) is 20.6. The number of amides is 3. The summed E-state index contributed by atoms with van der Waals surface area (Å²) >= 11 is 0. The first-order valence-corrected chi connectivity index (χ1v) is 10.5. The molecule has 0 bridgehead atoms. The topological polar surface area (TPSA) is 87.7 Å². The van der Waals surface area contributed by atoms with Crippen molar-refractivity contribution < 1.29 is 19.1 Å². The molecular formula is C22H31N3O4. The Labute approximate surface area is 172 Å². The molecule has 1 saturated heterocycles. The van der Waals surface area contributed by atoms with E-state index in [1.165, 1.54) is 7.11 Å². The molecule has 1 aromatic carbocycles. The first-order chi connectivity index (χ1) is 14.1. The van der Waals surface area contributed by atoms with E-state index in [-0.39, 0.29) is 42.3 Å². The third-order valence-electron chi connectivity index (χ3n) is 5.86. The number of ether oxygens (including phenoxy) is 1. The molecule has 2 N–H and O–H groups in total. The third kappa shape index (κ3) is 5.79. The van der Waals surface area contributed by atoms with Gasteiger partial charge in [0.25, 0.3) is 5.91 Å². The highest BCUT2D eigenvalue weighted by Gasteiger charge is 2.33. The SMILES string of the molecule is COCC(=O)N1CCCC(C(=O)NC2CCCC[C@H]2NC(=O)c2ccccc2)C1. The van der Waals surface area contributed by atoms with Gasteiger partial charge >= 0.3 is 0 Å². The van der Waals surface area contributed by atoms with E-state index in [2.05, 4.69) is 10.6 Å². The molecule has 2 unspecified atom stereocenters. The van der Waals surface area contributed by atoms with Crippen LogP contribution in [0.3, 0.4) is 0 Å². The standard InChI is InChI=1S/C22H31N3O4/c1-29-15-20(26)25-13-7-10-17(14-25)22(28)24-19-12-6-5-11-18(19)23-21(27)16-8-3-2-4-9-16/h2-4,8-9,17-19H,5-7,10-15H2,1H3,(H,23,27)(H,24,28)/t17?,18-,19?/m1/s1. The number of piperidine rings is 1. The molecule has 0 spiro atoms. The number of likely N-dealkylation sites (tertiary alicyclic amines) is 1. The molecular weight excluding hydrogens is 370 g/mol. The Morgan fingerprint density at radius 1 is 1.00 bits per heavy atom. The molecule has 1 saturated carbocycles. The Hall–Kier alpha value is -2.41. The van der Waals surface area contributed by atoms with Crippen LogP contribution >= 0.6 is 0 Å². The fraction of sp³-hybridized carbons (Fsp3) is 0.591. The minimum Gasteiger partial charge on any atom is -0.375 e. The molecule has 0 radical (unpaired) electrons. The van der Waals surface area contributed by atoms with Gasteiger partial charge in [-0.3, -0.25) is 14.4 Å². The highest BCUT2D eigenvalue weighted by Crippen LogP contribution is 2.22. The minimum atomic E-state index is -0.211. The third-order valence-corrected chi connectivity index (χ3v) is 5.86. The van der Waals surface area contributed by atoms with E-state index in [0.717, 1.165) is 38.5 Å². The van der Waals surface area contributed by atoms with Crippen molar-refractivity contribution in [3.8, 4) is 0 Å². The van der Waals surface area contributed by atoms with Crippen molar-refractivity contribution in [2.45, 2.75) is 50.6 Å². The number of carbonyl (C=O) groups excluding carboxylic acids is 3. The summed E-state index contributed by atoms with van der Waals surface area (Å²) in [7, 11) is 1.50. The largest absolute Gasteiger partial charge is 0.375 e. The zero-order valence-electron chi connectivity index (χ0n) is 17.1. The second-order valence-electron chi connectivity index (χ2n) is 7.96. The monoisotopic (exact) mass is 401 g/mol. The number of nitrogens with zero attached hydrogens (tertiary/aromatic N) is 1. The summed E-state index contributed by atoms with van der Waals surface area (Å²) in [5.74, 6) is -0.413. The van der Waals surface area contributed by atoms with Gasteiger partial charge in [0.05, 0.1) is 5.92 Å². The summed E-state index contributed by atoms with van der Waals surface area (Å²) in [6, 6.07) is 9.00. The quantitative estimate of drug-likeness (QED) is 0.760. The van der Waals surface area contributed by atoms with Crippen LogP contribution in [0.15, 0.2) is 30.3 Å². The van der Waals surface area contributed by atoms with Crippen molar-refractivity contribution in [3.63, 3.8) is 0 Å². The van der Waals surface area contributed by atoms with Crippen LogP contribution in [0.4, 0.5) is 0 Å². The molecule has 158 valence electrons. The molecule has 1 aliphatic carbocycles. The number of hydrogen-bond donors (Lipinski definition) is 2. The number of carbonyl (C=O) groups is 3. The second kappa shape index (κ2) is 10.4. The molecule has 1 aliphatic heterocycles. The van der Waals surface area contributed by atoms with Gasteiger partial charge in [-0.25, -0.2) is 0 Å². The van der Waals surface area contributed by atoms with Gasteiger partial charge in [-0.1, -0.05) is 31.0 Å². The summed E-state index contributed by atoms with van der Waals surface area (Å²) in [5.41, 5.74) is 0.628. The number of hydrogen-bond acceptors (Lipinski definition) is 4. The van der Waals surface area contributed by atoms with Crippen molar-refractivity contribution in [2.75, 3.05) is 26.8 Å². The van der Waals surface area contributed by atoms with Gasteiger partial charge < -0.3 is 20.3 Å². The van der Waals surface area contributed by atoms with Crippen molar-refractivity contribution in [1.82, 2.24) is 15.5 Å². The van der Waals surface area contributed by atoms with Crippen molar-refractivity contribution in [1.29, 1.82) is 0 Å². The fourth-order valence-corrected chi connectivity index (χ4v) is 4.25. The minimum absolute atomic E-state index is 0.0224. The summed E-state index contributed by atoms with van der Waals surface area (Å²) in [6.45, 7) is 1.15. The fourth-order valence-electron chi connectivity index (χ4n) is 4.25. The van der Waals surface area contributed by atoms with E-state index < -0.39 is 0 Å². The lowest BCUT2D eigenvalue weighted by Gasteiger charge is -2.36. The summed E-state index contributed by atoms with van der Waals surface area (Å²) < 4.78 is 4.93. The Morgan fingerprint density at radius 2 is 1.69 bits per heavy atom. The van der Waals surface area contributed by atoms with E-state index >= 15 is 0 Å². The first kappa shape index (κ1) is 21.3. The van der Waals surface area contributed by atoms with Crippen LogP contribution in [0.2, 0.25) is 0 Å². The Balaban J connectivity index is 1.57. The van der Waals surface area contributed by atoms with E-state index in [1.807, 2.05) is 18.2 Å². The first-order valence-electron chi connectivity index (χ1n) is 10.5. The average molecular weight is 402 g/mol. The highest BCUT2D eigenvalue weighted by molar-refractivity contribution is 5.94. The maximum atomic E-state index is 12.9. The van der Waals surface area contributed by atoms with Gasteiger partial charge in [0, 0.05) is 37.8 Å². The molecule has 2 fully saturated rings. The Kier molecular flexibility index (Phi) is 7.63. The Bertz CT molecular complexity index is 709. The number of benzene rings is 1. The van der Waals surface area contributed by atoms with Crippen LogP contribution < -0.4 is 10.6 Å². The summed E-state index contributed by atoms with van der Waals surface area (Å²) in [4.78, 5) is 39.2. The summed E-state index contributed by atoms with van der Waals surface area (Å²) in [5, 5.41) is 6.27. The lowest BCUT2D eigenvalue weighted by atomic mass is 9.88. The van der Waals surface area contributed by atoms with Crippen LogP contribution in [-0.4, -0.2) is 61.5 Å². The molecule has 3 amide bonds. The van der Waals surface area contributed by atoms with Gasteiger partial charge in [0.15, 0.2) is 0 Å². The van der Waals surface area contributed by atoms with Gasteiger partial charge in [-0.15, -0.1) is 0 Å². The zero-order valence-corrected chi connectivity index (χ0v) is 17.1. The van der Waals surface area contributed by atoms with Crippen LogP contribution in [0, 0.1) is 5.92 Å².